The molecule has 174 valence electrons. The fourth-order valence-corrected chi connectivity index (χ4v) is 6.15. The maximum Gasteiger partial charge on any atom is 0.264 e. The molecular weight excluding hydrogens is 470 g/mol. The van der Waals surface area contributed by atoms with Crippen molar-refractivity contribution in [1.29, 1.82) is 0 Å². The zero-order valence-corrected chi connectivity index (χ0v) is 20.0. The number of nitrogens with two attached hydrogens (primary N) is 1. The zero-order valence-electron chi connectivity index (χ0n) is 18.3. The van der Waals surface area contributed by atoms with Crippen LogP contribution in [-0.4, -0.2) is 29.2 Å². The predicted octanol–water partition coefficient (Wildman–Crippen LogP) is 4.36. The molecule has 0 fully saturated rings. The molecule has 1 aliphatic carbocycles. The Bertz CT molecular complexity index is 1470. The Kier molecular flexibility index (Phi) is 6.01. The van der Waals surface area contributed by atoms with E-state index in [9.17, 15) is 13.2 Å². The number of hydrogen-bond donors (Lipinski definition) is 2. The lowest BCUT2D eigenvalue weighted by atomic mass is 9.96. The van der Waals surface area contributed by atoms with E-state index in [1.54, 1.807) is 6.07 Å². The number of ketones is 1. The van der Waals surface area contributed by atoms with Crippen LogP contribution in [0.3, 0.4) is 0 Å². The van der Waals surface area contributed by atoms with Gasteiger partial charge in [0.1, 0.15) is 9.71 Å². The van der Waals surface area contributed by atoms with E-state index in [1.165, 1.54) is 66.4 Å². The number of aromatic nitrogens is 3. The van der Waals surface area contributed by atoms with Crippen LogP contribution in [0.15, 0.2) is 53.7 Å². The third-order valence-corrected chi connectivity index (χ3v) is 8.38. The van der Waals surface area contributed by atoms with Gasteiger partial charge in [0.05, 0.1) is 10.6 Å². The number of fused-ring (bicyclic) bond motifs is 2. The molecule has 8 nitrogen and oxygen atoms in total. The quantitative estimate of drug-likeness (QED) is 0.395. The molecule has 4 aromatic rings. The highest BCUT2D eigenvalue weighted by Crippen LogP contribution is 2.36. The molecular formula is C24H23N5O3S2. The van der Waals surface area contributed by atoms with Gasteiger partial charge < -0.3 is 5.73 Å². The zero-order chi connectivity index (χ0) is 23.7. The number of sulfonamides is 1. The van der Waals surface area contributed by atoms with Crippen LogP contribution in [0.2, 0.25) is 0 Å². The number of carbonyl (C=O) groups excluding carboxylic acids is 1. The number of anilines is 2. The van der Waals surface area contributed by atoms with Crippen LogP contribution in [0.1, 0.15) is 52.2 Å². The van der Waals surface area contributed by atoms with Crippen molar-refractivity contribution in [3.63, 3.8) is 0 Å². The average molecular weight is 494 g/mol. The number of benzene rings is 1. The minimum absolute atomic E-state index is 0.00212. The van der Waals surface area contributed by atoms with Crippen LogP contribution in [-0.2, 0) is 22.9 Å². The van der Waals surface area contributed by atoms with Gasteiger partial charge in [0.15, 0.2) is 0 Å². The Balaban J connectivity index is 1.43. The third-order valence-electron chi connectivity index (χ3n) is 5.92. The number of rotatable bonds is 5. The lowest BCUT2D eigenvalue weighted by Crippen LogP contribution is -2.15. The normalized spacial score (nSPS) is 14.2. The maximum atomic E-state index is 13.2. The summed E-state index contributed by atoms with van der Waals surface area (Å²) in [4.78, 5) is 27.0. The fourth-order valence-electron chi connectivity index (χ4n) is 4.13. The summed E-state index contributed by atoms with van der Waals surface area (Å²) >= 11 is 1.29. The minimum atomic E-state index is -3.88. The molecule has 3 aromatic heterocycles. The summed E-state index contributed by atoms with van der Waals surface area (Å²) in [6.07, 6.45) is 9.51. The second kappa shape index (κ2) is 9.11. The van der Waals surface area contributed by atoms with Gasteiger partial charge in [0, 0.05) is 29.0 Å². The molecule has 0 unspecified atom stereocenters. The van der Waals surface area contributed by atoms with Crippen molar-refractivity contribution in [2.75, 3.05) is 10.5 Å². The van der Waals surface area contributed by atoms with E-state index in [0.717, 1.165) is 41.6 Å². The lowest BCUT2D eigenvalue weighted by Gasteiger charge is -2.12. The first-order valence-electron chi connectivity index (χ1n) is 11.1. The van der Waals surface area contributed by atoms with Crippen LogP contribution in [0.4, 0.5) is 11.6 Å². The number of nitrogen functional groups attached to an aromatic ring is 1. The highest BCUT2D eigenvalue weighted by molar-refractivity contribution is 7.92. The Morgan fingerprint density at radius 3 is 2.44 bits per heavy atom. The molecule has 34 heavy (non-hydrogen) atoms. The second-order valence-corrected chi connectivity index (χ2v) is 10.9. The molecule has 1 aromatic carbocycles. The van der Waals surface area contributed by atoms with Gasteiger partial charge in [-0.2, -0.15) is 0 Å². The summed E-state index contributed by atoms with van der Waals surface area (Å²) in [5.74, 6) is -0.279. The summed E-state index contributed by atoms with van der Waals surface area (Å²) < 4.78 is 27.5. The topological polar surface area (TPSA) is 128 Å². The van der Waals surface area contributed by atoms with Crippen LogP contribution in [0.25, 0.3) is 10.2 Å². The molecule has 0 saturated heterocycles. The van der Waals surface area contributed by atoms with Gasteiger partial charge in [-0.25, -0.2) is 28.1 Å². The fraction of sp³-hybridized carbons (Fsp3) is 0.250. The highest BCUT2D eigenvalue weighted by atomic mass is 32.2. The number of thiophene rings is 1. The van der Waals surface area contributed by atoms with Gasteiger partial charge in [-0.05, 0) is 67.6 Å². The molecule has 0 saturated carbocycles. The van der Waals surface area contributed by atoms with E-state index >= 15 is 0 Å². The van der Waals surface area contributed by atoms with Gasteiger partial charge in [-0.1, -0.05) is 12.8 Å². The Morgan fingerprint density at radius 2 is 1.71 bits per heavy atom. The van der Waals surface area contributed by atoms with Gasteiger partial charge >= 0.3 is 0 Å². The van der Waals surface area contributed by atoms with Crippen LogP contribution in [0.5, 0.6) is 0 Å². The second-order valence-electron chi connectivity index (χ2n) is 8.24. The Hall–Kier alpha value is -3.37. The summed E-state index contributed by atoms with van der Waals surface area (Å²) in [6, 6.07) is 9.42. The van der Waals surface area contributed by atoms with E-state index in [4.69, 9.17) is 10.7 Å². The standard InChI is InChI=1S/C24H23N5O3S2/c25-20-18-14-16-6-3-1-2-4-7-19(16)28-23(18)33-22(20)21(30)15-8-10-17(11-9-15)34(31,32)29-24-26-12-5-13-27-24/h5,8-14H,1-4,6-7,25H2,(H,26,27,29). The molecule has 0 amide bonds. The molecule has 5 rings (SSSR count). The van der Waals surface area contributed by atoms with Gasteiger partial charge in [-0.3, -0.25) is 4.79 Å². The lowest BCUT2D eigenvalue weighted by molar-refractivity contribution is 0.104. The third kappa shape index (κ3) is 4.38. The molecule has 3 N–H and O–H groups in total. The Labute approximate surface area is 201 Å². The largest absolute Gasteiger partial charge is 0.397 e. The number of aryl methyl sites for hydroxylation is 2. The van der Waals surface area contributed by atoms with E-state index in [-0.39, 0.29) is 16.6 Å². The van der Waals surface area contributed by atoms with Crippen LogP contribution < -0.4 is 10.5 Å². The number of nitrogens with one attached hydrogen (secondary N) is 1. The monoisotopic (exact) mass is 493 g/mol. The summed E-state index contributed by atoms with van der Waals surface area (Å²) in [7, 11) is -3.88. The van der Waals surface area contributed by atoms with Crippen molar-refractivity contribution in [3.05, 3.63) is 70.5 Å². The Morgan fingerprint density at radius 1 is 1.00 bits per heavy atom. The van der Waals surface area contributed by atoms with E-state index in [2.05, 4.69) is 20.8 Å². The molecule has 0 radical (unpaired) electrons. The molecule has 0 spiro atoms. The van der Waals surface area contributed by atoms with Crippen LogP contribution >= 0.6 is 11.3 Å². The SMILES string of the molecule is Nc1c(C(=O)c2ccc(S(=O)(=O)Nc3ncccn3)cc2)sc2nc3c(cc12)CCCCCC3. The van der Waals surface area contributed by atoms with Crippen molar-refractivity contribution in [1.82, 2.24) is 15.0 Å². The number of carbonyl (C=O) groups is 1. The van der Waals surface area contributed by atoms with Crippen molar-refractivity contribution in [3.8, 4) is 0 Å². The smallest absolute Gasteiger partial charge is 0.264 e. The molecule has 0 atom stereocenters. The predicted molar refractivity (Wildman–Crippen MR) is 133 cm³/mol. The molecule has 0 aliphatic heterocycles. The van der Waals surface area contributed by atoms with Crippen molar-refractivity contribution in [2.24, 2.45) is 0 Å². The number of hydrogen-bond acceptors (Lipinski definition) is 8. The first-order chi connectivity index (χ1) is 16.4. The minimum Gasteiger partial charge on any atom is -0.397 e. The molecule has 0 bridgehead atoms. The summed E-state index contributed by atoms with van der Waals surface area (Å²) in [5.41, 5.74) is 9.51. The first kappa shape index (κ1) is 22.4. The number of pyridine rings is 1. The van der Waals surface area contributed by atoms with E-state index in [1.807, 2.05) is 0 Å². The van der Waals surface area contributed by atoms with Gasteiger partial charge in [0.25, 0.3) is 10.0 Å². The summed E-state index contributed by atoms with van der Waals surface area (Å²) in [5, 5.41) is 0.818. The highest BCUT2D eigenvalue weighted by Gasteiger charge is 2.22. The summed E-state index contributed by atoms with van der Waals surface area (Å²) in [6.45, 7) is 0. The van der Waals surface area contributed by atoms with E-state index < -0.39 is 10.0 Å². The average Bonchev–Trinajstić information content (AvgIpc) is 3.14. The molecule has 1 aliphatic rings. The van der Waals surface area contributed by atoms with Crippen molar-refractivity contribution >= 4 is 49.0 Å². The van der Waals surface area contributed by atoms with Crippen molar-refractivity contribution in [2.45, 2.75) is 43.4 Å². The molecule has 10 heteroatoms. The number of nitrogens with zero attached hydrogens (tertiary/aromatic N) is 3. The maximum absolute atomic E-state index is 13.2. The van der Waals surface area contributed by atoms with E-state index in [0.29, 0.717) is 16.1 Å². The van der Waals surface area contributed by atoms with Crippen molar-refractivity contribution < 1.29 is 13.2 Å². The molecule has 3 heterocycles. The van der Waals surface area contributed by atoms with Crippen LogP contribution in [0, 0.1) is 0 Å². The first-order valence-corrected chi connectivity index (χ1v) is 13.4. The van der Waals surface area contributed by atoms with Gasteiger partial charge in [0.2, 0.25) is 11.7 Å². The van der Waals surface area contributed by atoms with Gasteiger partial charge in [-0.15, -0.1) is 11.3 Å².